The minimum absolute atomic E-state index is 0.0300. The maximum Gasteiger partial charge on any atom is 0.181 e. The fourth-order valence-electron chi connectivity index (χ4n) is 4.21. The van der Waals surface area contributed by atoms with Crippen molar-refractivity contribution < 1.29 is 18.3 Å². The van der Waals surface area contributed by atoms with Gasteiger partial charge in [0.25, 0.3) is 0 Å². The van der Waals surface area contributed by atoms with Crippen LogP contribution in [0.15, 0.2) is 42.9 Å². The lowest BCUT2D eigenvalue weighted by molar-refractivity contribution is 0.246. The van der Waals surface area contributed by atoms with Crippen molar-refractivity contribution >= 4 is 22.7 Å². The molecule has 0 amide bonds. The molecule has 1 aliphatic rings. The molecule has 5 rings (SSSR count). The second kappa shape index (κ2) is 10.5. The summed E-state index contributed by atoms with van der Waals surface area (Å²) in [6.45, 7) is 2.45. The van der Waals surface area contributed by atoms with Gasteiger partial charge < -0.3 is 15.3 Å². The van der Waals surface area contributed by atoms with E-state index in [1.807, 2.05) is 0 Å². The number of alkyl halides is 1. The van der Waals surface area contributed by atoms with Gasteiger partial charge in [-0.25, -0.2) is 32.8 Å². The number of pyridine rings is 1. The topological polar surface area (TPSA) is 95.2 Å². The van der Waals surface area contributed by atoms with Crippen LogP contribution in [0.25, 0.3) is 22.3 Å². The van der Waals surface area contributed by atoms with E-state index in [2.05, 4.69) is 25.2 Å². The number of halogens is 3. The Balaban J connectivity index is 1.41. The number of anilines is 2. The van der Waals surface area contributed by atoms with Crippen LogP contribution in [0, 0.1) is 11.6 Å². The van der Waals surface area contributed by atoms with E-state index >= 15 is 0 Å². The zero-order chi connectivity index (χ0) is 25.1. The van der Waals surface area contributed by atoms with Gasteiger partial charge in [-0.05, 0) is 6.07 Å². The molecule has 0 unspecified atom stereocenters. The summed E-state index contributed by atoms with van der Waals surface area (Å²) >= 11 is 0. The molecule has 1 saturated heterocycles. The van der Waals surface area contributed by atoms with Gasteiger partial charge in [0.1, 0.15) is 28.7 Å². The number of aliphatic hydroxyl groups is 1. The number of hydrogen-bond acceptors (Lipinski definition) is 8. The Kier molecular flexibility index (Phi) is 6.96. The monoisotopic (exact) mass is 498 g/mol. The van der Waals surface area contributed by atoms with Crippen LogP contribution < -0.4 is 10.2 Å². The minimum Gasteiger partial charge on any atom is -0.395 e. The number of nitrogens with zero attached hydrogens (tertiary/aromatic N) is 7. The molecule has 0 aliphatic carbocycles. The first-order chi connectivity index (χ1) is 17.5. The van der Waals surface area contributed by atoms with Crippen molar-refractivity contribution in [2.24, 2.45) is 0 Å². The number of fused-ring (bicyclic) bond motifs is 1. The Morgan fingerprint density at radius 3 is 2.56 bits per heavy atom. The van der Waals surface area contributed by atoms with Crippen molar-refractivity contribution in [3.05, 3.63) is 60.1 Å². The molecule has 3 aromatic heterocycles. The lowest BCUT2D eigenvalue weighted by Crippen LogP contribution is -2.46. The molecule has 2 N–H and O–H groups in total. The number of piperazine rings is 1. The highest BCUT2D eigenvalue weighted by molar-refractivity contribution is 5.84. The third-order valence-corrected chi connectivity index (χ3v) is 6.06. The number of hydrogen-bond donors (Lipinski definition) is 2. The summed E-state index contributed by atoms with van der Waals surface area (Å²) in [4.78, 5) is 18.2. The molecule has 9 nitrogen and oxygen atoms in total. The Hall–Kier alpha value is -3.77. The molecule has 12 heteroatoms. The summed E-state index contributed by atoms with van der Waals surface area (Å²) in [5.74, 6) is 0.0488. The van der Waals surface area contributed by atoms with Crippen molar-refractivity contribution in [1.82, 2.24) is 29.6 Å². The number of aromatic nitrogens is 5. The van der Waals surface area contributed by atoms with Crippen LogP contribution in [-0.2, 0) is 13.3 Å². The highest BCUT2D eigenvalue weighted by Gasteiger charge is 2.24. The van der Waals surface area contributed by atoms with Crippen LogP contribution in [0.5, 0.6) is 0 Å². The second-order valence-electron chi connectivity index (χ2n) is 8.49. The predicted molar refractivity (Wildman–Crippen MR) is 129 cm³/mol. The smallest absolute Gasteiger partial charge is 0.181 e. The highest BCUT2D eigenvalue weighted by atomic mass is 19.1. The second-order valence-corrected chi connectivity index (χ2v) is 8.49. The first-order valence-corrected chi connectivity index (χ1v) is 11.6. The van der Waals surface area contributed by atoms with Gasteiger partial charge in [-0.2, -0.15) is 5.10 Å². The van der Waals surface area contributed by atoms with E-state index in [-0.39, 0.29) is 6.61 Å². The van der Waals surface area contributed by atoms with Crippen LogP contribution >= 0.6 is 0 Å². The van der Waals surface area contributed by atoms with E-state index in [0.29, 0.717) is 78.8 Å². The molecule has 4 heterocycles. The van der Waals surface area contributed by atoms with E-state index in [1.54, 1.807) is 24.7 Å². The molecule has 0 spiro atoms. The molecule has 36 heavy (non-hydrogen) atoms. The van der Waals surface area contributed by atoms with Gasteiger partial charge >= 0.3 is 0 Å². The predicted octanol–water partition coefficient (Wildman–Crippen LogP) is 2.82. The summed E-state index contributed by atoms with van der Waals surface area (Å²) in [5.41, 5.74) is 2.85. The Bertz CT molecular complexity index is 1360. The number of aliphatic hydroxyl groups excluding tert-OH is 1. The minimum atomic E-state index is -0.756. The van der Waals surface area contributed by atoms with E-state index in [0.717, 1.165) is 6.07 Å². The first kappa shape index (κ1) is 23.9. The third-order valence-electron chi connectivity index (χ3n) is 6.06. The number of benzene rings is 1. The van der Waals surface area contributed by atoms with Crippen LogP contribution in [0.3, 0.4) is 0 Å². The lowest BCUT2D eigenvalue weighted by atomic mass is 10.1. The first-order valence-electron chi connectivity index (χ1n) is 11.6. The SMILES string of the molecule is OCCNc1cc2nc(-c3cnn(CF)c3)c(N3CCN(Cc4ccc(F)cc4F)CC3)nc2cn1. The van der Waals surface area contributed by atoms with Gasteiger partial charge in [0.2, 0.25) is 0 Å². The quantitative estimate of drug-likeness (QED) is 0.383. The van der Waals surface area contributed by atoms with Crippen molar-refractivity contribution in [2.75, 3.05) is 49.5 Å². The maximum absolute atomic E-state index is 14.1. The number of nitrogens with one attached hydrogen (secondary N) is 1. The molecule has 1 fully saturated rings. The molecule has 4 aromatic rings. The van der Waals surface area contributed by atoms with E-state index in [4.69, 9.17) is 15.1 Å². The average molecular weight is 499 g/mol. The summed E-state index contributed by atoms with van der Waals surface area (Å²) in [6.07, 6.45) is 4.76. The van der Waals surface area contributed by atoms with Crippen molar-refractivity contribution in [3.8, 4) is 11.3 Å². The van der Waals surface area contributed by atoms with E-state index in [1.165, 1.54) is 16.8 Å². The van der Waals surface area contributed by atoms with Crippen LogP contribution in [0.2, 0.25) is 0 Å². The fraction of sp³-hybridized carbons (Fsp3) is 0.333. The largest absolute Gasteiger partial charge is 0.395 e. The van der Waals surface area contributed by atoms with Crippen molar-refractivity contribution in [3.63, 3.8) is 0 Å². The Morgan fingerprint density at radius 2 is 1.83 bits per heavy atom. The Labute approximate surface area is 205 Å². The molecular formula is C24H25F3N8O. The lowest BCUT2D eigenvalue weighted by Gasteiger charge is -2.36. The van der Waals surface area contributed by atoms with Crippen LogP contribution in [0.4, 0.5) is 24.8 Å². The normalized spacial score (nSPS) is 14.5. The molecule has 1 aromatic carbocycles. The summed E-state index contributed by atoms with van der Waals surface area (Å²) in [6, 6.07) is 5.39. The summed E-state index contributed by atoms with van der Waals surface area (Å²) < 4.78 is 41.7. The van der Waals surface area contributed by atoms with Gasteiger partial charge in [0.15, 0.2) is 12.6 Å². The molecule has 0 radical (unpaired) electrons. The standard InChI is InChI=1S/C24H25F3N8O/c25-15-35-14-17(11-30-35)23-24(32-21-12-29-22(28-3-8-36)10-20(21)31-23)34-6-4-33(5-7-34)13-16-1-2-18(26)9-19(16)27/h1-2,9-12,14,36H,3-8,13,15H2,(H,28,29). The van der Waals surface area contributed by atoms with Crippen LogP contribution in [-0.4, -0.2) is 74.1 Å². The van der Waals surface area contributed by atoms with Gasteiger partial charge in [-0.1, -0.05) is 6.07 Å². The van der Waals surface area contributed by atoms with E-state index < -0.39 is 18.4 Å². The zero-order valence-electron chi connectivity index (χ0n) is 19.4. The molecular weight excluding hydrogens is 473 g/mol. The van der Waals surface area contributed by atoms with Crippen molar-refractivity contribution in [2.45, 2.75) is 13.3 Å². The average Bonchev–Trinajstić information content (AvgIpc) is 3.38. The molecule has 0 atom stereocenters. The van der Waals surface area contributed by atoms with Gasteiger partial charge in [-0.15, -0.1) is 0 Å². The third kappa shape index (κ3) is 5.09. The molecule has 0 bridgehead atoms. The Morgan fingerprint density at radius 1 is 1.00 bits per heavy atom. The van der Waals surface area contributed by atoms with Crippen LogP contribution in [0.1, 0.15) is 5.56 Å². The molecule has 1 aliphatic heterocycles. The summed E-state index contributed by atoms with van der Waals surface area (Å²) in [7, 11) is 0. The molecule has 0 saturated carbocycles. The summed E-state index contributed by atoms with van der Waals surface area (Å²) in [5, 5.41) is 16.1. The van der Waals surface area contributed by atoms with E-state index in [9.17, 15) is 13.2 Å². The van der Waals surface area contributed by atoms with Gasteiger partial charge in [-0.3, -0.25) is 4.90 Å². The van der Waals surface area contributed by atoms with Gasteiger partial charge in [0, 0.05) is 68.7 Å². The van der Waals surface area contributed by atoms with Crippen molar-refractivity contribution in [1.29, 1.82) is 0 Å². The maximum atomic E-state index is 14.1. The fourth-order valence-corrected chi connectivity index (χ4v) is 4.21. The number of rotatable bonds is 8. The van der Waals surface area contributed by atoms with Gasteiger partial charge in [0.05, 0.1) is 24.5 Å². The highest BCUT2D eigenvalue weighted by Crippen LogP contribution is 2.31. The zero-order valence-corrected chi connectivity index (χ0v) is 19.4. The molecule has 188 valence electrons.